The molecule has 23 heavy (non-hydrogen) atoms. The van der Waals surface area contributed by atoms with Gasteiger partial charge in [0.05, 0.1) is 25.8 Å². The summed E-state index contributed by atoms with van der Waals surface area (Å²) < 4.78 is 5.34. The Balaban J connectivity index is 2.04. The number of nitro benzene ring substituents is 1. The second-order valence-electron chi connectivity index (χ2n) is 4.29. The second-order valence-corrected chi connectivity index (χ2v) is 6.32. The van der Waals surface area contributed by atoms with Crippen LogP contribution in [-0.2, 0) is 0 Å². The minimum absolute atomic E-state index is 0.134. The summed E-state index contributed by atoms with van der Waals surface area (Å²) in [4.78, 5) is 12.9. The number of non-ortho nitro benzene ring substituents is 1. The minimum atomic E-state index is -0.879. The highest BCUT2D eigenvalue weighted by atomic mass is 79.9. The van der Waals surface area contributed by atoms with E-state index in [0.29, 0.717) is 4.90 Å². The third kappa shape index (κ3) is 3.48. The molecule has 0 aliphatic carbocycles. The van der Waals surface area contributed by atoms with Crippen molar-refractivity contribution in [2.45, 2.75) is 9.79 Å². The van der Waals surface area contributed by atoms with Crippen molar-refractivity contribution in [2.24, 2.45) is 0 Å². The highest BCUT2D eigenvalue weighted by Gasteiger charge is 2.23. The lowest BCUT2D eigenvalue weighted by molar-refractivity contribution is -0.728. The van der Waals surface area contributed by atoms with E-state index >= 15 is 0 Å². The Morgan fingerprint density at radius 2 is 1.96 bits per heavy atom. The lowest BCUT2D eigenvalue weighted by atomic mass is 10.3. The summed E-state index contributed by atoms with van der Waals surface area (Å²) in [6, 6.07) is 11.8. The summed E-state index contributed by atoms with van der Waals surface area (Å²) >= 11 is 4.71. The molecule has 1 aromatic heterocycles. The van der Waals surface area contributed by atoms with Gasteiger partial charge >= 0.3 is 0 Å². The molecule has 0 atom stereocenters. The maximum absolute atomic E-state index is 11.1. The molecular weight excluding hydrogens is 388 g/mol. The Hall–Kier alpha value is -2.46. The Labute approximate surface area is 142 Å². The van der Waals surface area contributed by atoms with Crippen LogP contribution in [0.1, 0.15) is 0 Å². The maximum Gasteiger partial charge on any atom is 0.290 e. The van der Waals surface area contributed by atoms with Crippen LogP contribution in [0, 0.1) is 10.1 Å². The zero-order chi connectivity index (χ0) is 16.4. The lowest BCUT2D eigenvalue weighted by Crippen LogP contribution is -2.36. The van der Waals surface area contributed by atoms with Gasteiger partial charge in [0.15, 0.2) is 0 Å². The van der Waals surface area contributed by atoms with E-state index in [2.05, 4.69) is 30.8 Å². The highest BCUT2D eigenvalue weighted by molar-refractivity contribution is 9.10. The third-order valence-electron chi connectivity index (χ3n) is 2.78. The molecule has 0 fully saturated rings. The molecular formula is C13H7BrN4O4S. The van der Waals surface area contributed by atoms with Gasteiger partial charge in [0.25, 0.3) is 11.4 Å². The first-order valence-electron chi connectivity index (χ1n) is 6.18. The number of benzene rings is 2. The summed E-state index contributed by atoms with van der Waals surface area (Å²) in [5.41, 5.74) is 0.155. The number of halogens is 1. The van der Waals surface area contributed by atoms with E-state index < -0.39 is 11.0 Å². The molecule has 0 saturated carbocycles. The Kier molecular flexibility index (Phi) is 4.26. The molecule has 0 bridgehead atoms. The van der Waals surface area contributed by atoms with Crippen molar-refractivity contribution in [1.82, 2.24) is 10.4 Å². The first kappa shape index (κ1) is 15.4. The van der Waals surface area contributed by atoms with Crippen LogP contribution in [0.15, 0.2) is 61.3 Å². The predicted molar refractivity (Wildman–Crippen MR) is 80.2 cm³/mol. The van der Waals surface area contributed by atoms with Crippen molar-refractivity contribution < 1.29 is 19.3 Å². The number of nitro groups is 1. The quantitative estimate of drug-likeness (QED) is 0.379. The number of hydrogen-bond acceptors (Lipinski definition) is 7. The first-order chi connectivity index (χ1) is 11.0. The average Bonchev–Trinajstić information content (AvgIpc) is 2.96. The molecule has 3 aromatic rings. The Bertz CT molecular complexity index is 869. The van der Waals surface area contributed by atoms with Gasteiger partial charge in [0, 0.05) is 15.4 Å². The van der Waals surface area contributed by atoms with Crippen LogP contribution in [0.25, 0.3) is 5.69 Å². The molecule has 0 radical (unpaired) electrons. The van der Waals surface area contributed by atoms with Crippen LogP contribution in [0.2, 0.25) is 0 Å². The number of hydrogen-bond donors (Lipinski definition) is 0. The predicted octanol–water partition coefficient (Wildman–Crippen LogP) is 2.24. The zero-order valence-electron chi connectivity index (χ0n) is 11.2. The van der Waals surface area contributed by atoms with Crippen LogP contribution in [0.4, 0.5) is 5.69 Å². The zero-order valence-corrected chi connectivity index (χ0v) is 13.7. The number of rotatable bonds is 4. The van der Waals surface area contributed by atoms with E-state index in [1.54, 1.807) is 6.07 Å². The van der Waals surface area contributed by atoms with Crippen molar-refractivity contribution in [3.63, 3.8) is 0 Å². The summed E-state index contributed by atoms with van der Waals surface area (Å²) in [6.07, 6.45) is -0.879. The molecule has 3 rings (SSSR count). The van der Waals surface area contributed by atoms with Gasteiger partial charge < -0.3 is 9.63 Å². The van der Waals surface area contributed by atoms with E-state index in [-0.39, 0.29) is 11.4 Å². The Morgan fingerprint density at radius 1 is 1.22 bits per heavy atom. The number of aromatic nitrogens is 3. The summed E-state index contributed by atoms with van der Waals surface area (Å²) in [5, 5.41) is 29.1. The van der Waals surface area contributed by atoms with E-state index in [1.807, 2.05) is 24.3 Å². The van der Waals surface area contributed by atoms with Crippen molar-refractivity contribution in [1.29, 1.82) is 0 Å². The monoisotopic (exact) mass is 394 g/mol. The molecule has 0 N–H and O–H groups in total. The van der Waals surface area contributed by atoms with Crippen LogP contribution < -0.4 is 9.90 Å². The molecule has 10 heteroatoms. The normalized spacial score (nSPS) is 10.7. The molecule has 0 amide bonds. The van der Waals surface area contributed by atoms with Gasteiger partial charge in [-0.25, -0.2) is 0 Å². The van der Waals surface area contributed by atoms with E-state index in [4.69, 9.17) is 0 Å². The van der Waals surface area contributed by atoms with Crippen molar-refractivity contribution >= 4 is 33.4 Å². The van der Waals surface area contributed by atoms with E-state index in [9.17, 15) is 15.2 Å². The first-order valence-corrected chi connectivity index (χ1v) is 7.79. The van der Waals surface area contributed by atoms with Gasteiger partial charge in [-0.2, -0.15) is 0 Å². The van der Waals surface area contributed by atoms with Gasteiger partial charge in [0.1, 0.15) is 5.27 Å². The van der Waals surface area contributed by atoms with Gasteiger partial charge in [-0.3, -0.25) is 10.1 Å². The summed E-state index contributed by atoms with van der Waals surface area (Å²) in [7, 11) is 0. The van der Waals surface area contributed by atoms with Crippen LogP contribution >= 0.6 is 27.7 Å². The Morgan fingerprint density at radius 3 is 2.57 bits per heavy atom. The van der Waals surface area contributed by atoms with Gasteiger partial charge in [-0.1, -0.05) is 27.7 Å². The topological polar surface area (TPSA) is 109 Å². The van der Waals surface area contributed by atoms with Crippen molar-refractivity contribution in [3.8, 4) is 11.8 Å². The smallest absolute Gasteiger partial charge is 0.290 e. The molecule has 8 nitrogen and oxygen atoms in total. The lowest BCUT2D eigenvalue weighted by Gasteiger charge is -2.02. The second kappa shape index (κ2) is 6.34. The molecule has 0 aliphatic heterocycles. The largest absolute Gasteiger partial charge is 0.523 e. The SMILES string of the molecule is O=[N+]([O-])c1ccc(Sc2ccc(Br)cc2)c(-[n+]2noc([O-])n2)c1. The van der Waals surface area contributed by atoms with Gasteiger partial charge in [0.2, 0.25) is 6.08 Å². The van der Waals surface area contributed by atoms with E-state index in [1.165, 1.54) is 23.9 Å². The van der Waals surface area contributed by atoms with Gasteiger partial charge in [-0.15, -0.1) is 0 Å². The summed E-state index contributed by atoms with van der Waals surface area (Å²) in [6.45, 7) is 0. The fourth-order valence-corrected chi connectivity index (χ4v) is 2.95. The average molecular weight is 395 g/mol. The summed E-state index contributed by atoms with van der Waals surface area (Å²) in [5.74, 6) is 0. The molecule has 2 aromatic carbocycles. The van der Waals surface area contributed by atoms with Crippen LogP contribution in [0.3, 0.4) is 0 Å². The molecule has 0 spiro atoms. The van der Waals surface area contributed by atoms with Crippen molar-refractivity contribution in [2.75, 3.05) is 0 Å². The maximum atomic E-state index is 11.1. The van der Waals surface area contributed by atoms with Crippen LogP contribution in [0.5, 0.6) is 6.08 Å². The molecule has 116 valence electrons. The molecule has 1 heterocycles. The minimum Gasteiger partial charge on any atom is -0.523 e. The fraction of sp³-hybridized carbons (Fsp3) is 0. The third-order valence-corrected chi connectivity index (χ3v) is 4.38. The molecule has 0 aliphatic rings. The molecule has 0 unspecified atom stereocenters. The standard InChI is InChI=1S/C13H7BrN4O4S/c14-8-1-4-10(5-2-8)23-12-6-3-9(18(20)21)7-11(12)17-15-13(19)22-16-17/h1-7H. The highest BCUT2D eigenvalue weighted by Crippen LogP contribution is 2.33. The van der Waals surface area contributed by atoms with Gasteiger partial charge in [-0.05, 0) is 30.3 Å². The fourth-order valence-electron chi connectivity index (χ4n) is 1.78. The van der Waals surface area contributed by atoms with Crippen LogP contribution in [-0.4, -0.2) is 15.3 Å². The van der Waals surface area contributed by atoms with E-state index in [0.717, 1.165) is 14.2 Å². The molecule has 0 saturated heterocycles. The number of nitrogens with zero attached hydrogens (tertiary/aromatic N) is 4. The van der Waals surface area contributed by atoms with Crippen molar-refractivity contribution in [3.05, 3.63) is 57.1 Å².